The fourth-order valence-corrected chi connectivity index (χ4v) is 0. The van der Waals surface area contributed by atoms with E-state index in [-0.39, 0.29) is 77.0 Å². The Labute approximate surface area is 103 Å². The van der Waals surface area contributed by atoms with E-state index < -0.39 is 7.82 Å². The van der Waals surface area contributed by atoms with E-state index in [4.69, 9.17) is 19.2 Å². The van der Waals surface area contributed by atoms with Crippen molar-refractivity contribution in [3.8, 4) is 0 Å². The molecule has 0 atom stereocenters. The third kappa shape index (κ3) is 122. The summed E-state index contributed by atoms with van der Waals surface area (Å²) in [7, 11) is -4.64. The molecule has 0 bridgehead atoms. The number of hydrogen-bond donors (Lipinski definition) is 3. The van der Waals surface area contributed by atoms with Crippen molar-refractivity contribution in [1.29, 1.82) is 0 Å². The first kappa shape index (κ1) is 30.0. The third-order valence-corrected chi connectivity index (χ3v) is 0. The van der Waals surface area contributed by atoms with Crippen molar-refractivity contribution >= 4 is 25.4 Å². The molecular weight excluding hydrogens is 274 g/mol. The smallest absolute Gasteiger partial charge is 1.00 e. The van der Waals surface area contributed by atoms with E-state index in [2.05, 4.69) is 0 Å². The summed E-state index contributed by atoms with van der Waals surface area (Å²) in [5, 5.41) is 0. The predicted octanol–water partition coefficient (Wildman–Crippen LogP) is -5.27. The predicted molar refractivity (Wildman–Crippen MR) is 26.7 cm³/mol. The van der Waals surface area contributed by atoms with Gasteiger partial charge in [0.15, 0.2) is 0 Å². The van der Waals surface area contributed by atoms with Crippen LogP contribution in [0.25, 0.3) is 0 Å². The Morgan fingerprint density at radius 1 is 1.22 bits per heavy atom. The number of rotatable bonds is 0. The first-order valence-corrected chi connectivity index (χ1v) is 2.35. The van der Waals surface area contributed by atoms with Gasteiger partial charge in [-0.15, -0.1) is 0 Å². The van der Waals surface area contributed by atoms with Crippen LogP contribution in [0.3, 0.4) is 0 Å². The fraction of sp³-hybridized carbons (Fsp3) is 0. The van der Waals surface area contributed by atoms with E-state index in [1.165, 1.54) is 0 Å². The van der Waals surface area contributed by atoms with Crippen molar-refractivity contribution in [2.45, 2.75) is 0 Å². The summed E-state index contributed by atoms with van der Waals surface area (Å²) in [5.41, 5.74) is 0. The molecule has 0 unspecified atom stereocenters. The molecule has 0 aliphatic carbocycles. The number of hydrogen-bond acceptors (Lipinski definition) is 1. The van der Waals surface area contributed by atoms with Gasteiger partial charge in [0.05, 0.1) is 0 Å². The van der Waals surface area contributed by atoms with Gasteiger partial charge in [-0.25, -0.2) is 4.57 Å². The van der Waals surface area contributed by atoms with Crippen LogP contribution in [0.4, 0.5) is 0 Å². The van der Waals surface area contributed by atoms with Gasteiger partial charge in [0, 0.05) is 39.1 Å². The van der Waals surface area contributed by atoms with Crippen LogP contribution < -0.4 is 18.9 Å². The molecular formula is H8CrGeLiO4PTi. The van der Waals surface area contributed by atoms with E-state index in [0.29, 0.717) is 0 Å². The van der Waals surface area contributed by atoms with E-state index >= 15 is 0 Å². The molecule has 0 aliphatic heterocycles. The van der Waals surface area contributed by atoms with Crippen LogP contribution in [-0.2, 0) is 43.6 Å². The van der Waals surface area contributed by atoms with Crippen LogP contribution in [0.1, 0.15) is 1.43 Å². The van der Waals surface area contributed by atoms with E-state index in [9.17, 15) is 0 Å². The largest absolute Gasteiger partial charge is 1.00 e. The Bertz CT molecular complexity index is 71.4. The van der Waals surface area contributed by atoms with Crippen LogP contribution in [-0.4, -0.2) is 32.3 Å². The van der Waals surface area contributed by atoms with Crippen LogP contribution in [0, 0.1) is 0 Å². The van der Waals surface area contributed by atoms with Gasteiger partial charge < -0.3 is 16.1 Å². The van der Waals surface area contributed by atoms with Crippen molar-refractivity contribution in [2.75, 3.05) is 0 Å². The molecule has 0 fully saturated rings. The summed E-state index contributed by atoms with van der Waals surface area (Å²) >= 11 is 0. The summed E-state index contributed by atoms with van der Waals surface area (Å²) in [6.07, 6.45) is 0. The van der Waals surface area contributed by atoms with Gasteiger partial charge in [-0.05, 0) is 0 Å². The Kier molecular flexibility index (Phi) is 43.7. The molecule has 0 heterocycles. The van der Waals surface area contributed by atoms with Crippen LogP contribution in [0.15, 0.2) is 0 Å². The van der Waals surface area contributed by atoms with E-state index in [1.807, 2.05) is 0 Å². The Balaban J connectivity index is -0.00000000800. The van der Waals surface area contributed by atoms with Gasteiger partial charge in [0.25, 0.3) is 0 Å². The maximum Gasteiger partial charge on any atom is 1.00 e. The minimum atomic E-state index is -4.64. The minimum absolute atomic E-state index is 0. The molecule has 0 aromatic heterocycles. The standard InChI is InChI=1S/Cr.GeH4.Li.H3O4P.Ti.H/c;;;1-5(2,3)4;;/h;1H4;;(H3,1,2,3,4);;/q;;+1;;;-1. The first-order valence-electron chi connectivity index (χ1n) is 0.783. The average molecular weight is 282 g/mol. The molecule has 52 valence electrons. The zero-order chi connectivity index (χ0) is 4.50. The second-order valence-corrected chi connectivity index (χ2v) is 1.54. The molecule has 9 heavy (non-hydrogen) atoms. The second kappa shape index (κ2) is 13.1. The quantitative estimate of drug-likeness (QED) is 0.306. The van der Waals surface area contributed by atoms with Crippen LogP contribution >= 0.6 is 7.82 Å². The maximum atomic E-state index is 8.88. The van der Waals surface area contributed by atoms with E-state index in [0.717, 1.165) is 0 Å². The molecule has 0 saturated heterocycles. The monoisotopic (exact) mass is 284 g/mol. The van der Waals surface area contributed by atoms with Crippen molar-refractivity contribution in [2.24, 2.45) is 0 Å². The average Bonchev–Trinajstić information content (AvgIpc) is 0.722. The summed E-state index contributed by atoms with van der Waals surface area (Å²) in [4.78, 5) is 21.6. The minimum Gasteiger partial charge on any atom is -1.00 e. The molecule has 0 radical (unpaired) electrons. The Morgan fingerprint density at radius 2 is 1.22 bits per heavy atom. The summed E-state index contributed by atoms with van der Waals surface area (Å²) in [5.74, 6) is 0. The zero-order valence-corrected chi connectivity index (χ0v) is 7.84. The van der Waals surface area contributed by atoms with Crippen LogP contribution in [0.2, 0.25) is 0 Å². The Morgan fingerprint density at radius 3 is 1.22 bits per heavy atom. The Hall–Kier alpha value is 2.50. The number of phosphoric acid groups is 1. The third-order valence-electron chi connectivity index (χ3n) is 0. The van der Waals surface area contributed by atoms with Gasteiger partial charge >= 0.3 is 44.3 Å². The van der Waals surface area contributed by atoms with Gasteiger partial charge in [-0.2, -0.15) is 0 Å². The topological polar surface area (TPSA) is 77.8 Å². The van der Waals surface area contributed by atoms with E-state index in [1.54, 1.807) is 0 Å². The molecule has 4 nitrogen and oxygen atoms in total. The van der Waals surface area contributed by atoms with Gasteiger partial charge in [-0.3, -0.25) is 0 Å². The molecule has 9 heteroatoms. The summed E-state index contributed by atoms with van der Waals surface area (Å²) in [6.45, 7) is 0. The van der Waals surface area contributed by atoms with Crippen molar-refractivity contribution in [3.05, 3.63) is 0 Å². The summed E-state index contributed by atoms with van der Waals surface area (Å²) in [6, 6.07) is 0. The molecule has 0 saturated carbocycles. The molecule has 0 rings (SSSR count). The van der Waals surface area contributed by atoms with Crippen molar-refractivity contribution < 1.29 is 78.6 Å². The second-order valence-electron chi connectivity index (χ2n) is 0.513. The molecule has 0 amide bonds. The zero-order valence-electron chi connectivity index (χ0n) is 5.11. The van der Waals surface area contributed by atoms with Gasteiger partial charge in [-0.1, -0.05) is 0 Å². The molecule has 0 aliphatic rings. The molecule has 0 aromatic carbocycles. The van der Waals surface area contributed by atoms with Crippen molar-refractivity contribution in [1.82, 2.24) is 0 Å². The molecule has 0 aromatic rings. The normalized spacial score (nSPS) is 6.56. The molecule has 3 N–H and O–H groups in total. The SMILES string of the molecule is O=P(O)(O)O.[Cr].[GeH4].[H-].[Li+].[Ti]. The summed E-state index contributed by atoms with van der Waals surface area (Å²) < 4.78 is 8.88. The van der Waals surface area contributed by atoms with Gasteiger partial charge in [0.2, 0.25) is 0 Å². The van der Waals surface area contributed by atoms with Crippen molar-refractivity contribution in [3.63, 3.8) is 0 Å². The molecule has 0 spiro atoms. The first-order chi connectivity index (χ1) is 2.00. The fourth-order valence-electron chi connectivity index (χ4n) is 0. The van der Waals surface area contributed by atoms with Gasteiger partial charge in [0.1, 0.15) is 0 Å². The van der Waals surface area contributed by atoms with Crippen LogP contribution in [0.5, 0.6) is 0 Å². The maximum absolute atomic E-state index is 8.88.